The van der Waals surface area contributed by atoms with Crippen molar-refractivity contribution in [3.05, 3.63) is 35.9 Å². The lowest BCUT2D eigenvalue weighted by atomic mass is 10.1. The summed E-state index contributed by atoms with van der Waals surface area (Å²) in [6, 6.07) is 12.4. The van der Waals surface area contributed by atoms with Crippen LogP contribution in [0.4, 0.5) is 0 Å². The third-order valence-corrected chi connectivity index (χ3v) is 1.99. The Balaban J connectivity index is 2.60. The van der Waals surface area contributed by atoms with Crippen LogP contribution in [-0.2, 0) is 0 Å². The Kier molecular flexibility index (Phi) is 3.48. The van der Waals surface area contributed by atoms with E-state index in [2.05, 4.69) is 30.4 Å². The zero-order valence-corrected chi connectivity index (χ0v) is 7.99. The van der Waals surface area contributed by atoms with E-state index < -0.39 is 0 Å². The summed E-state index contributed by atoms with van der Waals surface area (Å²) in [6.45, 7) is 3.92. The highest BCUT2D eigenvalue weighted by atomic mass is 14.9. The fraction of sp³-hybridized carbons (Fsp3) is 0.364. The van der Waals surface area contributed by atoms with Crippen LogP contribution in [-0.4, -0.2) is 6.04 Å². The second-order valence-corrected chi connectivity index (χ2v) is 3.15. The van der Waals surface area contributed by atoms with Crippen molar-refractivity contribution in [2.45, 2.75) is 25.9 Å². The average Bonchev–Trinajstić information content (AvgIpc) is 2.19. The van der Waals surface area contributed by atoms with Gasteiger partial charge in [0.1, 0.15) is 0 Å². The molecule has 2 heteroatoms. The third-order valence-electron chi connectivity index (χ3n) is 1.99. The lowest BCUT2D eigenvalue weighted by Gasteiger charge is -2.15. The predicted octanol–water partition coefficient (Wildman–Crippen LogP) is 2.25. The number of rotatable bonds is 3. The Bertz CT molecular complexity index is 287. The minimum atomic E-state index is -0.102. The first kappa shape index (κ1) is 9.76. The van der Waals surface area contributed by atoms with Gasteiger partial charge in [-0.3, -0.25) is 5.32 Å². The highest BCUT2D eigenvalue weighted by Crippen LogP contribution is 2.11. The smallest absolute Gasteiger partial charge is 0.0929 e. The second-order valence-electron chi connectivity index (χ2n) is 3.15. The van der Waals surface area contributed by atoms with E-state index >= 15 is 0 Å². The number of benzene rings is 1. The van der Waals surface area contributed by atoms with Crippen LogP contribution in [0.2, 0.25) is 0 Å². The van der Waals surface area contributed by atoms with Gasteiger partial charge in [-0.1, -0.05) is 30.3 Å². The SMILES string of the molecule is C[C@H](C#N)N[C@H](C)c1ccccc1. The van der Waals surface area contributed by atoms with Crippen molar-refractivity contribution in [2.24, 2.45) is 0 Å². The summed E-state index contributed by atoms with van der Waals surface area (Å²) in [5, 5.41) is 11.8. The average molecular weight is 174 g/mol. The molecule has 0 amide bonds. The van der Waals surface area contributed by atoms with Crippen LogP contribution in [0.15, 0.2) is 30.3 Å². The number of nitrogens with zero attached hydrogens (tertiary/aromatic N) is 1. The van der Waals surface area contributed by atoms with Crippen molar-refractivity contribution in [3.63, 3.8) is 0 Å². The van der Waals surface area contributed by atoms with Gasteiger partial charge in [0.25, 0.3) is 0 Å². The first-order valence-electron chi connectivity index (χ1n) is 4.44. The topological polar surface area (TPSA) is 35.8 Å². The zero-order valence-electron chi connectivity index (χ0n) is 7.99. The van der Waals surface area contributed by atoms with Gasteiger partial charge in [-0.15, -0.1) is 0 Å². The lowest BCUT2D eigenvalue weighted by Crippen LogP contribution is -2.27. The van der Waals surface area contributed by atoms with Crippen molar-refractivity contribution < 1.29 is 0 Å². The van der Waals surface area contributed by atoms with Gasteiger partial charge in [0.05, 0.1) is 12.1 Å². The Hall–Kier alpha value is -1.33. The molecule has 1 aromatic rings. The van der Waals surface area contributed by atoms with E-state index in [1.807, 2.05) is 25.1 Å². The fourth-order valence-corrected chi connectivity index (χ4v) is 1.25. The van der Waals surface area contributed by atoms with E-state index in [9.17, 15) is 0 Å². The molecular formula is C11H14N2. The van der Waals surface area contributed by atoms with E-state index in [4.69, 9.17) is 5.26 Å². The molecular weight excluding hydrogens is 160 g/mol. The fourth-order valence-electron chi connectivity index (χ4n) is 1.25. The number of nitriles is 1. The minimum Gasteiger partial charge on any atom is -0.296 e. The van der Waals surface area contributed by atoms with Crippen molar-refractivity contribution in [2.75, 3.05) is 0 Å². The maximum absolute atomic E-state index is 8.62. The Labute approximate surface area is 79.2 Å². The summed E-state index contributed by atoms with van der Waals surface area (Å²) >= 11 is 0. The van der Waals surface area contributed by atoms with E-state index in [0.717, 1.165) is 0 Å². The Morgan fingerprint density at radius 2 is 1.85 bits per heavy atom. The Morgan fingerprint density at radius 1 is 1.23 bits per heavy atom. The number of hydrogen-bond donors (Lipinski definition) is 1. The number of nitrogens with one attached hydrogen (secondary N) is 1. The van der Waals surface area contributed by atoms with Gasteiger partial charge in [0.2, 0.25) is 0 Å². The molecule has 2 atom stereocenters. The van der Waals surface area contributed by atoms with Crippen molar-refractivity contribution >= 4 is 0 Å². The van der Waals surface area contributed by atoms with E-state index in [1.165, 1.54) is 5.56 Å². The van der Waals surface area contributed by atoms with Crippen LogP contribution >= 0.6 is 0 Å². The summed E-state index contributed by atoms with van der Waals surface area (Å²) in [6.07, 6.45) is 0. The largest absolute Gasteiger partial charge is 0.296 e. The normalized spacial score (nSPS) is 14.5. The van der Waals surface area contributed by atoms with Gasteiger partial charge >= 0.3 is 0 Å². The van der Waals surface area contributed by atoms with Crippen LogP contribution in [0.3, 0.4) is 0 Å². The molecule has 13 heavy (non-hydrogen) atoms. The second kappa shape index (κ2) is 4.64. The molecule has 1 aromatic carbocycles. The van der Waals surface area contributed by atoms with Crippen LogP contribution < -0.4 is 5.32 Å². The third kappa shape index (κ3) is 2.89. The quantitative estimate of drug-likeness (QED) is 0.762. The molecule has 0 saturated heterocycles. The predicted molar refractivity (Wildman–Crippen MR) is 53.1 cm³/mol. The first-order chi connectivity index (χ1) is 6.24. The standard InChI is InChI=1S/C11H14N2/c1-9(8-12)13-10(2)11-6-4-3-5-7-11/h3-7,9-10,13H,1-2H3/t9-,10-/m1/s1. The van der Waals surface area contributed by atoms with Crippen LogP contribution in [0.25, 0.3) is 0 Å². The van der Waals surface area contributed by atoms with E-state index in [0.29, 0.717) is 0 Å². The molecule has 0 aromatic heterocycles. The molecule has 0 radical (unpaired) electrons. The molecule has 0 aliphatic rings. The lowest BCUT2D eigenvalue weighted by molar-refractivity contribution is 0.543. The molecule has 0 bridgehead atoms. The molecule has 1 rings (SSSR count). The Morgan fingerprint density at radius 3 is 2.38 bits per heavy atom. The van der Waals surface area contributed by atoms with Gasteiger partial charge in [0.15, 0.2) is 0 Å². The summed E-state index contributed by atoms with van der Waals surface area (Å²) in [4.78, 5) is 0. The summed E-state index contributed by atoms with van der Waals surface area (Å²) < 4.78 is 0. The molecule has 0 heterocycles. The van der Waals surface area contributed by atoms with Crippen LogP contribution in [0, 0.1) is 11.3 Å². The molecule has 0 unspecified atom stereocenters. The monoisotopic (exact) mass is 174 g/mol. The molecule has 2 nitrogen and oxygen atoms in total. The van der Waals surface area contributed by atoms with Gasteiger partial charge in [-0.05, 0) is 19.4 Å². The van der Waals surface area contributed by atoms with Gasteiger partial charge in [-0.2, -0.15) is 5.26 Å². The molecule has 0 aliphatic heterocycles. The maximum Gasteiger partial charge on any atom is 0.0929 e. The highest BCUT2D eigenvalue weighted by molar-refractivity contribution is 5.18. The molecule has 0 aliphatic carbocycles. The van der Waals surface area contributed by atoms with Gasteiger partial charge in [-0.25, -0.2) is 0 Å². The van der Waals surface area contributed by atoms with E-state index in [-0.39, 0.29) is 12.1 Å². The van der Waals surface area contributed by atoms with Crippen molar-refractivity contribution in [1.82, 2.24) is 5.32 Å². The van der Waals surface area contributed by atoms with Crippen LogP contribution in [0.1, 0.15) is 25.5 Å². The minimum absolute atomic E-state index is 0.102. The first-order valence-corrected chi connectivity index (χ1v) is 4.44. The summed E-state index contributed by atoms with van der Waals surface area (Å²) in [5.41, 5.74) is 1.21. The molecule has 0 fully saturated rings. The van der Waals surface area contributed by atoms with Crippen molar-refractivity contribution in [1.29, 1.82) is 5.26 Å². The van der Waals surface area contributed by atoms with Gasteiger partial charge in [0, 0.05) is 6.04 Å². The van der Waals surface area contributed by atoms with Crippen LogP contribution in [0.5, 0.6) is 0 Å². The molecule has 0 spiro atoms. The summed E-state index contributed by atoms with van der Waals surface area (Å²) in [5.74, 6) is 0. The van der Waals surface area contributed by atoms with Gasteiger partial charge < -0.3 is 0 Å². The molecule has 1 N–H and O–H groups in total. The van der Waals surface area contributed by atoms with Crippen molar-refractivity contribution in [3.8, 4) is 6.07 Å². The molecule has 68 valence electrons. The molecule has 0 saturated carbocycles. The maximum atomic E-state index is 8.62. The number of hydrogen-bond acceptors (Lipinski definition) is 2. The zero-order chi connectivity index (χ0) is 9.68. The highest BCUT2D eigenvalue weighted by Gasteiger charge is 2.06. The summed E-state index contributed by atoms with van der Waals surface area (Å²) in [7, 11) is 0. The van der Waals surface area contributed by atoms with E-state index in [1.54, 1.807) is 0 Å².